The van der Waals surface area contributed by atoms with Crippen LogP contribution in [0.15, 0.2) is 17.0 Å². The maximum absolute atomic E-state index is 13.3. The fraction of sp³-hybridized carbons (Fsp3) is 0.125. The maximum Gasteiger partial charge on any atom is 0.267 e. The number of hydrogen-bond donors (Lipinski definition) is 1. The van der Waals surface area contributed by atoms with E-state index in [0.717, 1.165) is 6.07 Å². The van der Waals surface area contributed by atoms with Gasteiger partial charge in [0.05, 0.1) is 17.6 Å². The van der Waals surface area contributed by atoms with Crippen LogP contribution in [0.3, 0.4) is 0 Å². The monoisotopic (exact) mass is 215 g/mol. The highest BCUT2D eigenvalue weighted by Gasteiger charge is 2.30. The molecule has 1 aromatic rings. The maximum atomic E-state index is 13.3. The summed E-state index contributed by atoms with van der Waals surface area (Å²) in [5.74, 6) is -1.13. The molecule has 6 heteroatoms. The van der Waals surface area contributed by atoms with Gasteiger partial charge in [0.2, 0.25) is 0 Å². The highest BCUT2D eigenvalue weighted by atomic mass is 32.2. The van der Waals surface area contributed by atoms with Crippen molar-refractivity contribution in [3.63, 3.8) is 0 Å². The van der Waals surface area contributed by atoms with Crippen molar-refractivity contribution < 1.29 is 18.1 Å². The molecule has 0 radical (unpaired) electrons. The van der Waals surface area contributed by atoms with E-state index in [2.05, 4.69) is 4.72 Å². The summed E-state index contributed by atoms with van der Waals surface area (Å²) in [6.45, 7) is 0. The molecule has 0 fully saturated rings. The molecule has 1 aliphatic rings. The van der Waals surface area contributed by atoms with Gasteiger partial charge in [-0.3, -0.25) is 9.52 Å². The van der Waals surface area contributed by atoms with Crippen molar-refractivity contribution in [1.82, 2.24) is 4.72 Å². The third-order valence-corrected chi connectivity index (χ3v) is 2.97. The number of halogens is 1. The lowest BCUT2D eigenvalue weighted by Gasteiger charge is -2.01. The summed E-state index contributed by atoms with van der Waals surface area (Å²) in [6, 6.07) is 2.47. The van der Waals surface area contributed by atoms with E-state index in [4.69, 9.17) is 4.74 Å². The fourth-order valence-electron chi connectivity index (χ4n) is 1.23. The quantitative estimate of drug-likeness (QED) is 0.746. The summed E-state index contributed by atoms with van der Waals surface area (Å²) in [7, 11) is -0.300. The lowest BCUT2D eigenvalue weighted by molar-refractivity contribution is 0.0982. The molecule has 1 aromatic carbocycles. The molecule has 2 rings (SSSR count). The Morgan fingerprint density at radius 2 is 2.21 bits per heavy atom. The second kappa shape index (κ2) is 3.06. The summed E-state index contributed by atoms with van der Waals surface area (Å²) in [4.78, 5) is 11.2. The Labute approximate surface area is 81.7 Å². The van der Waals surface area contributed by atoms with Crippen molar-refractivity contribution in [2.24, 2.45) is 0 Å². The Morgan fingerprint density at radius 3 is 2.86 bits per heavy atom. The second-order valence-corrected chi connectivity index (χ2v) is 3.86. The van der Waals surface area contributed by atoms with Crippen LogP contribution in [-0.2, 0) is 11.0 Å². The van der Waals surface area contributed by atoms with E-state index < -0.39 is 22.7 Å². The molecular formula is C8H6FNO3S. The van der Waals surface area contributed by atoms with Gasteiger partial charge in [-0.2, -0.15) is 0 Å². The predicted octanol–water partition coefficient (Wildman–Crippen LogP) is 0.600. The van der Waals surface area contributed by atoms with Crippen molar-refractivity contribution in [1.29, 1.82) is 0 Å². The Morgan fingerprint density at radius 1 is 1.50 bits per heavy atom. The number of hydrogen-bond acceptors (Lipinski definition) is 3. The van der Waals surface area contributed by atoms with Gasteiger partial charge in [0, 0.05) is 6.07 Å². The van der Waals surface area contributed by atoms with Crippen LogP contribution < -0.4 is 9.46 Å². The lowest BCUT2D eigenvalue weighted by Crippen LogP contribution is -2.16. The number of rotatable bonds is 1. The molecule has 0 saturated carbocycles. The van der Waals surface area contributed by atoms with Crippen LogP contribution in [0.4, 0.5) is 4.39 Å². The van der Waals surface area contributed by atoms with Crippen molar-refractivity contribution in [2.75, 3.05) is 7.11 Å². The van der Waals surface area contributed by atoms with E-state index in [1.165, 1.54) is 13.2 Å². The first-order valence-corrected chi connectivity index (χ1v) is 4.88. The molecule has 1 N–H and O–H groups in total. The van der Waals surface area contributed by atoms with E-state index in [0.29, 0.717) is 0 Å². The molecule has 1 amide bonds. The molecule has 0 aromatic heterocycles. The number of carbonyl (C=O) groups excluding carboxylic acids is 1. The van der Waals surface area contributed by atoms with E-state index >= 15 is 0 Å². The van der Waals surface area contributed by atoms with Gasteiger partial charge in [-0.05, 0) is 6.07 Å². The minimum Gasteiger partial charge on any atom is -0.497 e. The third kappa shape index (κ3) is 1.19. The highest BCUT2D eigenvalue weighted by Crippen LogP contribution is 2.27. The predicted molar refractivity (Wildman–Crippen MR) is 46.8 cm³/mol. The van der Waals surface area contributed by atoms with Crippen molar-refractivity contribution in [2.45, 2.75) is 4.90 Å². The van der Waals surface area contributed by atoms with Gasteiger partial charge in [0.25, 0.3) is 5.91 Å². The molecule has 74 valence electrons. The zero-order valence-corrected chi connectivity index (χ0v) is 7.98. The molecular weight excluding hydrogens is 209 g/mol. The first kappa shape index (κ1) is 9.14. The fourth-order valence-corrected chi connectivity index (χ4v) is 2.21. The Kier molecular flexibility index (Phi) is 1.99. The Hall–Kier alpha value is -1.43. The highest BCUT2D eigenvalue weighted by molar-refractivity contribution is 7.84. The summed E-state index contributed by atoms with van der Waals surface area (Å²) in [5.41, 5.74) is -0.163. The average Bonchev–Trinajstić information content (AvgIpc) is 2.42. The minimum atomic E-state index is -1.67. The SMILES string of the molecule is COc1cc(F)c2c(c1)S(=O)NC2=O. The number of fused-ring (bicyclic) bond motifs is 1. The van der Waals surface area contributed by atoms with Gasteiger partial charge in [0.15, 0.2) is 11.0 Å². The number of methoxy groups -OCH3 is 1. The molecule has 0 bridgehead atoms. The van der Waals surface area contributed by atoms with Gasteiger partial charge >= 0.3 is 0 Å². The van der Waals surface area contributed by atoms with Crippen molar-refractivity contribution in [3.8, 4) is 5.75 Å². The van der Waals surface area contributed by atoms with Gasteiger partial charge < -0.3 is 4.74 Å². The first-order chi connectivity index (χ1) is 6.63. The lowest BCUT2D eigenvalue weighted by atomic mass is 10.2. The van der Waals surface area contributed by atoms with Crippen LogP contribution in [0.5, 0.6) is 5.75 Å². The number of benzene rings is 1. The molecule has 0 saturated heterocycles. The largest absolute Gasteiger partial charge is 0.497 e. The van der Waals surface area contributed by atoms with Gasteiger partial charge in [-0.25, -0.2) is 8.60 Å². The molecule has 0 aliphatic carbocycles. The first-order valence-electron chi connectivity index (χ1n) is 3.74. The molecule has 4 nitrogen and oxygen atoms in total. The molecule has 0 spiro atoms. The molecule has 1 aliphatic heterocycles. The van der Waals surface area contributed by atoms with Crippen LogP contribution in [0.1, 0.15) is 10.4 Å². The van der Waals surface area contributed by atoms with E-state index in [-0.39, 0.29) is 16.2 Å². The van der Waals surface area contributed by atoms with E-state index in [9.17, 15) is 13.4 Å². The summed E-state index contributed by atoms with van der Waals surface area (Å²) in [5, 5.41) is 0. The van der Waals surface area contributed by atoms with Crippen molar-refractivity contribution >= 4 is 16.9 Å². The van der Waals surface area contributed by atoms with E-state index in [1.54, 1.807) is 0 Å². The Balaban J connectivity index is 2.68. The summed E-state index contributed by atoms with van der Waals surface area (Å²) in [6.07, 6.45) is 0. The minimum absolute atomic E-state index is 0.131. The van der Waals surface area contributed by atoms with Crippen LogP contribution in [0.25, 0.3) is 0 Å². The van der Waals surface area contributed by atoms with Crippen LogP contribution >= 0.6 is 0 Å². The molecule has 1 unspecified atom stereocenters. The third-order valence-electron chi connectivity index (χ3n) is 1.88. The van der Waals surface area contributed by atoms with Gasteiger partial charge in [-0.1, -0.05) is 0 Å². The summed E-state index contributed by atoms with van der Waals surface area (Å²) >= 11 is 0. The normalized spacial score (nSPS) is 19.0. The number of amides is 1. The van der Waals surface area contributed by atoms with Crippen LogP contribution in [0.2, 0.25) is 0 Å². The Bertz CT molecular complexity index is 446. The number of carbonyl (C=O) groups is 1. The second-order valence-electron chi connectivity index (χ2n) is 2.68. The van der Waals surface area contributed by atoms with Gasteiger partial charge in [0.1, 0.15) is 11.6 Å². The van der Waals surface area contributed by atoms with Crippen LogP contribution in [0, 0.1) is 5.82 Å². The molecule has 1 atom stereocenters. The standard InChI is InChI=1S/C8H6FNO3S/c1-13-4-2-5(9)7-6(3-4)14(12)10-8(7)11/h2-3H,1H3,(H,10,11). The summed E-state index contributed by atoms with van der Waals surface area (Å²) < 4.78 is 31.4. The van der Waals surface area contributed by atoms with Crippen LogP contribution in [-0.4, -0.2) is 17.2 Å². The zero-order valence-electron chi connectivity index (χ0n) is 7.17. The smallest absolute Gasteiger partial charge is 0.267 e. The average molecular weight is 215 g/mol. The van der Waals surface area contributed by atoms with Crippen molar-refractivity contribution in [3.05, 3.63) is 23.5 Å². The molecule has 14 heavy (non-hydrogen) atoms. The topological polar surface area (TPSA) is 55.4 Å². The number of nitrogens with one attached hydrogen (secondary N) is 1. The zero-order chi connectivity index (χ0) is 10.3. The molecule has 1 heterocycles. The number of ether oxygens (including phenoxy) is 1. The van der Waals surface area contributed by atoms with E-state index in [1.807, 2.05) is 0 Å². The van der Waals surface area contributed by atoms with Gasteiger partial charge in [-0.15, -0.1) is 0 Å².